The standard InChI is InChI=1S/C11H18N4O/c1-2-9-13-10(6-11(16)14-9)15-5-3-4-8(12)7-15/h6,8H,2-5,7,12H2,1H3,(H,13,14,16). The molecule has 2 heterocycles. The van der Waals surface area contributed by atoms with Crippen LogP contribution in [0.4, 0.5) is 5.82 Å². The highest BCUT2D eigenvalue weighted by molar-refractivity contribution is 5.38. The maximum Gasteiger partial charge on any atom is 0.252 e. The third-order valence-corrected chi connectivity index (χ3v) is 2.89. The first kappa shape index (κ1) is 11.1. The Bertz CT molecular complexity index is 415. The molecule has 1 fully saturated rings. The van der Waals surface area contributed by atoms with Crippen LogP contribution in [0.25, 0.3) is 0 Å². The van der Waals surface area contributed by atoms with E-state index < -0.39 is 0 Å². The van der Waals surface area contributed by atoms with E-state index in [9.17, 15) is 4.79 Å². The fourth-order valence-corrected chi connectivity index (χ4v) is 2.04. The molecule has 1 aliphatic heterocycles. The van der Waals surface area contributed by atoms with Crippen molar-refractivity contribution >= 4 is 5.82 Å². The second-order valence-corrected chi connectivity index (χ2v) is 4.25. The fourth-order valence-electron chi connectivity index (χ4n) is 2.04. The third-order valence-electron chi connectivity index (χ3n) is 2.89. The van der Waals surface area contributed by atoms with E-state index in [0.717, 1.165) is 44.0 Å². The van der Waals surface area contributed by atoms with Crippen LogP contribution in [-0.4, -0.2) is 29.1 Å². The summed E-state index contributed by atoms with van der Waals surface area (Å²) < 4.78 is 0. The highest BCUT2D eigenvalue weighted by Crippen LogP contribution is 2.15. The lowest BCUT2D eigenvalue weighted by atomic mass is 10.1. The number of nitrogens with zero attached hydrogens (tertiary/aromatic N) is 2. The fraction of sp³-hybridized carbons (Fsp3) is 0.636. The molecule has 2 rings (SSSR count). The third kappa shape index (κ3) is 2.41. The lowest BCUT2D eigenvalue weighted by Gasteiger charge is -2.31. The quantitative estimate of drug-likeness (QED) is 0.752. The number of anilines is 1. The van der Waals surface area contributed by atoms with Gasteiger partial charge in [-0.1, -0.05) is 6.92 Å². The van der Waals surface area contributed by atoms with E-state index in [1.54, 1.807) is 6.07 Å². The monoisotopic (exact) mass is 222 g/mol. The number of hydrogen-bond acceptors (Lipinski definition) is 4. The minimum absolute atomic E-state index is 0.0824. The van der Waals surface area contributed by atoms with Crippen molar-refractivity contribution in [2.45, 2.75) is 32.2 Å². The number of hydrogen-bond donors (Lipinski definition) is 2. The Labute approximate surface area is 94.7 Å². The largest absolute Gasteiger partial charge is 0.355 e. The molecule has 16 heavy (non-hydrogen) atoms. The zero-order valence-corrected chi connectivity index (χ0v) is 9.57. The molecule has 0 saturated carbocycles. The van der Waals surface area contributed by atoms with E-state index in [0.29, 0.717) is 0 Å². The average Bonchev–Trinajstić information content (AvgIpc) is 2.28. The van der Waals surface area contributed by atoms with E-state index in [2.05, 4.69) is 14.9 Å². The van der Waals surface area contributed by atoms with Gasteiger partial charge in [0.05, 0.1) is 0 Å². The zero-order valence-electron chi connectivity index (χ0n) is 9.57. The molecule has 0 amide bonds. The van der Waals surface area contributed by atoms with Crippen molar-refractivity contribution in [3.63, 3.8) is 0 Å². The molecule has 5 heteroatoms. The van der Waals surface area contributed by atoms with Gasteiger partial charge in [-0.2, -0.15) is 0 Å². The van der Waals surface area contributed by atoms with E-state index in [1.807, 2.05) is 6.92 Å². The van der Waals surface area contributed by atoms with Gasteiger partial charge >= 0.3 is 0 Å². The maximum atomic E-state index is 11.4. The molecule has 0 spiro atoms. The molecule has 0 aromatic carbocycles. The number of aromatic amines is 1. The molecule has 1 saturated heterocycles. The number of aromatic nitrogens is 2. The van der Waals surface area contributed by atoms with Crippen LogP contribution >= 0.6 is 0 Å². The van der Waals surface area contributed by atoms with Crippen molar-refractivity contribution < 1.29 is 0 Å². The Morgan fingerprint density at radius 2 is 2.50 bits per heavy atom. The smallest absolute Gasteiger partial charge is 0.252 e. The van der Waals surface area contributed by atoms with Crippen molar-refractivity contribution in [2.24, 2.45) is 5.73 Å². The Kier molecular flexibility index (Phi) is 3.24. The molecule has 88 valence electrons. The predicted molar refractivity (Wildman–Crippen MR) is 63.7 cm³/mol. The van der Waals surface area contributed by atoms with Crippen LogP contribution in [0.2, 0.25) is 0 Å². The second-order valence-electron chi connectivity index (χ2n) is 4.25. The van der Waals surface area contributed by atoms with Crippen LogP contribution in [-0.2, 0) is 6.42 Å². The molecule has 1 atom stereocenters. The summed E-state index contributed by atoms with van der Waals surface area (Å²) in [6, 6.07) is 1.75. The molecular formula is C11H18N4O. The summed E-state index contributed by atoms with van der Waals surface area (Å²) in [6.07, 6.45) is 2.86. The SMILES string of the molecule is CCc1nc(N2CCCC(N)C2)cc(=O)[nH]1. The molecule has 1 aromatic rings. The van der Waals surface area contributed by atoms with Gasteiger partial charge in [0, 0.05) is 31.6 Å². The molecule has 5 nitrogen and oxygen atoms in total. The van der Waals surface area contributed by atoms with Gasteiger partial charge in [0.2, 0.25) is 0 Å². The maximum absolute atomic E-state index is 11.4. The number of aryl methyl sites for hydroxylation is 1. The summed E-state index contributed by atoms with van der Waals surface area (Å²) in [6.45, 7) is 3.71. The lowest BCUT2D eigenvalue weighted by molar-refractivity contribution is 0.502. The minimum atomic E-state index is -0.0824. The molecule has 0 aliphatic carbocycles. The van der Waals surface area contributed by atoms with Gasteiger partial charge in [-0.3, -0.25) is 4.79 Å². The van der Waals surface area contributed by atoms with Crippen molar-refractivity contribution in [3.05, 3.63) is 22.2 Å². The van der Waals surface area contributed by atoms with E-state index in [1.165, 1.54) is 0 Å². The summed E-state index contributed by atoms with van der Waals surface area (Å²) in [5.41, 5.74) is 5.83. The first-order chi connectivity index (χ1) is 7.69. The Morgan fingerprint density at radius 1 is 1.69 bits per heavy atom. The first-order valence-corrected chi connectivity index (χ1v) is 5.80. The van der Waals surface area contributed by atoms with Gasteiger partial charge in [0.1, 0.15) is 11.6 Å². The number of rotatable bonds is 2. The van der Waals surface area contributed by atoms with Gasteiger partial charge < -0.3 is 15.6 Å². The van der Waals surface area contributed by atoms with E-state index >= 15 is 0 Å². The molecule has 0 bridgehead atoms. The van der Waals surface area contributed by atoms with Crippen LogP contribution in [0.15, 0.2) is 10.9 Å². The van der Waals surface area contributed by atoms with Crippen molar-refractivity contribution in [2.75, 3.05) is 18.0 Å². The van der Waals surface area contributed by atoms with Crippen LogP contribution < -0.4 is 16.2 Å². The number of piperidine rings is 1. The Hall–Kier alpha value is -1.36. The summed E-state index contributed by atoms with van der Waals surface area (Å²) >= 11 is 0. The zero-order chi connectivity index (χ0) is 11.5. The highest BCUT2D eigenvalue weighted by atomic mass is 16.1. The summed E-state index contributed by atoms with van der Waals surface area (Å²) in [7, 11) is 0. The number of nitrogens with one attached hydrogen (secondary N) is 1. The summed E-state index contributed by atoms with van der Waals surface area (Å²) in [5, 5.41) is 0. The van der Waals surface area contributed by atoms with Crippen molar-refractivity contribution in [3.8, 4) is 0 Å². The van der Waals surface area contributed by atoms with Gasteiger partial charge in [0.15, 0.2) is 0 Å². The second kappa shape index (κ2) is 4.65. The van der Waals surface area contributed by atoms with Gasteiger partial charge in [-0.25, -0.2) is 4.98 Å². The van der Waals surface area contributed by atoms with Crippen LogP contribution in [0, 0.1) is 0 Å². The van der Waals surface area contributed by atoms with Crippen LogP contribution in [0.5, 0.6) is 0 Å². The van der Waals surface area contributed by atoms with Crippen LogP contribution in [0.1, 0.15) is 25.6 Å². The van der Waals surface area contributed by atoms with Crippen molar-refractivity contribution in [1.82, 2.24) is 9.97 Å². The lowest BCUT2D eigenvalue weighted by Crippen LogP contribution is -2.43. The topological polar surface area (TPSA) is 75.0 Å². The van der Waals surface area contributed by atoms with Crippen LogP contribution in [0.3, 0.4) is 0 Å². The predicted octanol–water partition coefficient (Wildman–Crippen LogP) is 0.260. The van der Waals surface area contributed by atoms with E-state index in [-0.39, 0.29) is 11.6 Å². The summed E-state index contributed by atoms with van der Waals surface area (Å²) in [5.74, 6) is 1.50. The Morgan fingerprint density at radius 3 is 3.19 bits per heavy atom. The number of H-pyrrole nitrogens is 1. The first-order valence-electron chi connectivity index (χ1n) is 5.80. The van der Waals surface area contributed by atoms with Crippen molar-refractivity contribution in [1.29, 1.82) is 0 Å². The molecule has 3 N–H and O–H groups in total. The molecule has 1 aromatic heterocycles. The number of nitrogens with two attached hydrogens (primary N) is 1. The average molecular weight is 222 g/mol. The Balaban J connectivity index is 2.25. The van der Waals surface area contributed by atoms with Gasteiger partial charge in [0.25, 0.3) is 5.56 Å². The minimum Gasteiger partial charge on any atom is -0.355 e. The van der Waals surface area contributed by atoms with Gasteiger partial charge in [-0.15, -0.1) is 0 Å². The molecular weight excluding hydrogens is 204 g/mol. The molecule has 0 radical (unpaired) electrons. The van der Waals surface area contributed by atoms with Gasteiger partial charge in [-0.05, 0) is 12.8 Å². The molecule has 1 unspecified atom stereocenters. The molecule has 1 aliphatic rings. The van der Waals surface area contributed by atoms with E-state index in [4.69, 9.17) is 5.73 Å². The normalized spacial score (nSPS) is 21.1. The highest BCUT2D eigenvalue weighted by Gasteiger charge is 2.18. The summed E-state index contributed by atoms with van der Waals surface area (Å²) in [4.78, 5) is 20.7.